The van der Waals surface area contributed by atoms with Crippen molar-refractivity contribution in [1.82, 2.24) is 10.2 Å². The Morgan fingerprint density at radius 2 is 1.94 bits per heavy atom. The fourth-order valence-electron chi connectivity index (χ4n) is 2.58. The average molecular weight is 240 g/mol. The summed E-state index contributed by atoms with van der Waals surface area (Å²) >= 11 is 0. The normalized spacial score (nSPS) is 33.0. The van der Waals surface area contributed by atoms with Crippen molar-refractivity contribution in [2.45, 2.75) is 66.0 Å². The zero-order chi connectivity index (χ0) is 13.1. The first-order valence-electron chi connectivity index (χ1n) is 7.41. The van der Waals surface area contributed by atoms with Gasteiger partial charge in [0.25, 0.3) is 0 Å². The standard InChI is InChI=1S/C15H32N2/c1-7-13(5)9-17-10-14(12(3)4)16-11-15(17,6)8-2/h12-14,16H,7-11H2,1-6H3. The van der Waals surface area contributed by atoms with Gasteiger partial charge in [-0.05, 0) is 25.2 Å². The molecule has 1 saturated heterocycles. The van der Waals surface area contributed by atoms with E-state index < -0.39 is 0 Å². The lowest BCUT2D eigenvalue weighted by Crippen LogP contribution is -2.64. The largest absolute Gasteiger partial charge is 0.311 e. The molecule has 1 N–H and O–H groups in total. The van der Waals surface area contributed by atoms with Gasteiger partial charge in [-0.3, -0.25) is 4.90 Å². The van der Waals surface area contributed by atoms with Gasteiger partial charge in [0.15, 0.2) is 0 Å². The molecule has 17 heavy (non-hydrogen) atoms. The Hall–Kier alpha value is -0.0800. The van der Waals surface area contributed by atoms with Gasteiger partial charge in [-0.1, -0.05) is 41.0 Å². The van der Waals surface area contributed by atoms with E-state index in [-0.39, 0.29) is 0 Å². The summed E-state index contributed by atoms with van der Waals surface area (Å²) in [5.74, 6) is 1.54. The smallest absolute Gasteiger partial charge is 0.0304 e. The molecule has 2 heteroatoms. The Morgan fingerprint density at radius 3 is 2.41 bits per heavy atom. The third-order valence-electron chi connectivity index (χ3n) is 4.72. The first-order chi connectivity index (χ1) is 7.92. The highest BCUT2D eigenvalue weighted by molar-refractivity contribution is 4.96. The van der Waals surface area contributed by atoms with E-state index in [1.165, 1.54) is 25.9 Å². The van der Waals surface area contributed by atoms with Crippen LogP contribution in [0.25, 0.3) is 0 Å². The highest BCUT2D eigenvalue weighted by Crippen LogP contribution is 2.26. The van der Waals surface area contributed by atoms with E-state index in [4.69, 9.17) is 0 Å². The molecule has 0 spiro atoms. The molecule has 1 heterocycles. The van der Waals surface area contributed by atoms with E-state index in [0.29, 0.717) is 11.6 Å². The summed E-state index contributed by atoms with van der Waals surface area (Å²) in [6.07, 6.45) is 2.53. The average Bonchev–Trinajstić information content (AvgIpc) is 2.31. The molecule has 0 amide bonds. The maximum Gasteiger partial charge on any atom is 0.0304 e. The Bertz CT molecular complexity index is 227. The molecule has 3 atom stereocenters. The van der Waals surface area contributed by atoms with Crippen molar-refractivity contribution in [3.05, 3.63) is 0 Å². The van der Waals surface area contributed by atoms with Gasteiger partial charge in [0, 0.05) is 31.2 Å². The minimum absolute atomic E-state index is 0.356. The molecule has 102 valence electrons. The van der Waals surface area contributed by atoms with E-state index in [0.717, 1.165) is 18.4 Å². The van der Waals surface area contributed by atoms with Crippen LogP contribution >= 0.6 is 0 Å². The van der Waals surface area contributed by atoms with Crippen molar-refractivity contribution >= 4 is 0 Å². The molecule has 1 aliphatic rings. The minimum Gasteiger partial charge on any atom is -0.311 e. The molecule has 0 aliphatic carbocycles. The van der Waals surface area contributed by atoms with E-state index in [1.54, 1.807) is 0 Å². The van der Waals surface area contributed by atoms with E-state index in [1.807, 2.05) is 0 Å². The molecular formula is C15H32N2. The maximum absolute atomic E-state index is 3.74. The first kappa shape index (κ1) is 15.0. The van der Waals surface area contributed by atoms with Crippen LogP contribution < -0.4 is 5.32 Å². The van der Waals surface area contributed by atoms with Gasteiger partial charge in [0.2, 0.25) is 0 Å². The Morgan fingerprint density at radius 1 is 1.29 bits per heavy atom. The van der Waals surface area contributed by atoms with Crippen molar-refractivity contribution in [3.8, 4) is 0 Å². The number of rotatable bonds is 5. The monoisotopic (exact) mass is 240 g/mol. The van der Waals surface area contributed by atoms with Crippen LogP contribution in [0.2, 0.25) is 0 Å². The summed E-state index contributed by atoms with van der Waals surface area (Å²) in [5, 5.41) is 3.74. The third kappa shape index (κ3) is 3.69. The topological polar surface area (TPSA) is 15.3 Å². The number of hydrogen-bond donors (Lipinski definition) is 1. The number of nitrogens with one attached hydrogen (secondary N) is 1. The van der Waals surface area contributed by atoms with Crippen LogP contribution in [0.3, 0.4) is 0 Å². The fourth-order valence-corrected chi connectivity index (χ4v) is 2.58. The quantitative estimate of drug-likeness (QED) is 0.794. The van der Waals surface area contributed by atoms with E-state index >= 15 is 0 Å². The van der Waals surface area contributed by atoms with Crippen molar-refractivity contribution in [3.63, 3.8) is 0 Å². The highest BCUT2D eigenvalue weighted by atomic mass is 15.3. The second-order valence-electron chi connectivity index (χ2n) is 6.50. The molecule has 0 aromatic heterocycles. The highest BCUT2D eigenvalue weighted by Gasteiger charge is 2.37. The summed E-state index contributed by atoms with van der Waals surface area (Å²) in [5.41, 5.74) is 0.356. The van der Waals surface area contributed by atoms with Crippen molar-refractivity contribution in [2.75, 3.05) is 19.6 Å². The SMILES string of the molecule is CCC(C)CN1CC(C(C)C)NCC1(C)CC. The Labute approximate surface area is 108 Å². The van der Waals surface area contributed by atoms with Gasteiger partial charge in [-0.2, -0.15) is 0 Å². The third-order valence-corrected chi connectivity index (χ3v) is 4.72. The maximum atomic E-state index is 3.74. The van der Waals surface area contributed by atoms with E-state index in [9.17, 15) is 0 Å². The van der Waals surface area contributed by atoms with E-state index in [2.05, 4.69) is 51.8 Å². The summed E-state index contributed by atoms with van der Waals surface area (Å²) in [4.78, 5) is 2.74. The van der Waals surface area contributed by atoms with Crippen LogP contribution in [0.4, 0.5) is 0 Å². The van der Waals surface area contributed by atoms with Crippen molar-refractivity contribution in [2.24, 2.45) is 11.8 Å². The first-order valence-corrected chi connectivity index (χ1v) is 7.41. The minimum atomic E-state index is 0.356. The summed E-state index contributed by atoms with van der Waals surface area (Å²) in [6.45, 7) is 17.7. The van der Waals surface area contributed by atoms with Gasteiger partial charge in [-0.25, -0.2) is 0 Å². The van der Waals surface area contributed by atoms with Crippen LogP contribution in [0.15, 0.2) is 0 Å². The zero-order valence-electron chi connectivity index (χ0n) is 12.7. The molecule has 0 bridgehead atoms. The summed E-state index contributed by atoms with van der Waals surface area (Å²) in [6, 6.07) is 0.665. The van der Waals surface area contributed by atoms with Crippen LogP contribution in [0.1, 0.15) is 54.4 Å². The van der Waals surface area contributed by atoms with Crippen LogP contribution in [0, 0.1) is 11.8 Å². The molecule has 1 aliphatic heterocycles. The molecule has 0 aromatic rings. The lowest BCUT2D eigenvalue weighted by molar-refractivity contribution is 0.0270. The fraction of sp³-hybridized carbons (Fsp3) is 1.00. The summed E-state index contributed by atoms with van der Waals surface area (Å²) < 4.78 is 0. The van der Waals surface area contributed by atoms with Crippen molar-refractivity contribution in [1.29, 1.82) is 0 Å². The van der Waals surface area contributed by atoms with Crippen LogP contribution in [0.5, 0.6) is 0 Å². The van der Waals surface area contributed by atoms with Gasteiger partial charge in [0.05, 0.1) is 0 Å². The second kappa shape index (κ2) is 6.19. The molecule has 3 unspecified atom stereocenters. The summed E-state index contributed by atoms with van der Waals surface area (Å²) in [7, 11) is 0. The second-order valence-corrected chi connectivity index (χ2v) is 6.50. The Balaban J connectivity index is 2.69. The van der Waals surface area contributed by atoms with Gasteiger partial charge < -0.3 is 5.32 Å². The van der Waals surface area contributed by atoms with Gasteiger partial charge in [-0.15, -0.1) is 0 Å². The lowest BCUT2D eigenvalue weighted by atomic mass is 9.88. The molecular weight excluding hydrogens is 208 g/mol. The molecule has 2 nitrogen and oxygen atoms in total. The van der Waals surface area contributed by atoms with Crippen LogP contribution in [-0.4, -0.2) is 36.1 Å². The Kier molecular flexibility index (Phi) is 5.46. The van der Waals surface area contributed by atoms with Crippen LogP contribution in [-0.2, 0) is 0 Å². The zero-order valence-corrected chi connectivity index (χ0v) is 12.7. The number of piperazine rings is 1. The number of nitrogens with zero attached hydrogens (tertiary/aromatic N) is 1. The van der Waals surface area contributed by atoms with Crippen molar-refractivity contribution < 1.29 is 0 Å². The molecule has 0 aromatic carbocycles. The molecule has 1 rings (SSSR count). The van der Waals surface area contributed by atoms with Gasteiger partial charge in [0.1, 0.15) is 0 Å². The molecule has 1 fully saturated rings. The lowest BCUT2D eigenvalue weighted by Gasteiger charge is -2.49. The number of hydrogen-bond acceptors (Lipinski definition) is 2. The molecule has 0 saturated carbocycles. The predicted octanol–water partition coefficient (Wildman–Crippen LogP) is 3.13. The predicted molar refractivity (Wildman–Crippen MR) is 76.4 cm³/mol. The van der Waals surface area contributed by atoms with Gasteiger partial charge >= 0.3 is 0 Å². The molecule has 0 radical (unpaired) electrons.